The van der Waals surface area contributed by atoms with Crippen LogP contribution in [-0.4, -0.2) is 12.6 Å². The number of esters is 1. The van der Waals surface area contributed by atoms with Gasteiger partial charge in [-0.05, 0) is 47.5 Å². The van der Waals surface area contributed by atoms with E-state index in [1.165, 1.54) is 18.2 Å². The summed E-state index contributed by atoms with van der Waals surface area (Å²) in [4.78, 5) is 11.1. The molecule has 0 atom stereocenters. The van der Waals surface area contributed by atoms with Crippen LogP contribution in [0.25, 0.3) is 6.08 Å². The highest BCUT2D eigenvalue weighted by atomic mass is 79.9. The Morgan fingerprint density at radius 2 is 2.25 bits per heavy atom. The first kappa shape index (κ1) is 12.9. The fourth-order valence-electron chi connectivity index (χ4n) is 1.17. The molecule has 2 nitrogen and oxygen atoms in total. The Morgan fingerprint density at radius 3 is 2.88 bits per heavy atom. The van der Waals surface area contributed by atoms with Crippen LogP contribution < -0.4 is 0 Å². The summed E-state index contributed by atoms with van der Waals surface area (Å²) >= 11 is 3.28. The molecule has 0 spiro atoms. The average molecular weight is 287 g/mol. The first-order valence-electron chi connectivity index (χ1n) is 4.85. The van der Waals surface area contributed by atoms with E-state index in [9.17, 15) is 9.18 Å². The summed E-state index contributed by atoms with van der Waals surface area (Å²) in [5, 5.41) is 0. The van der Waals surface area contributed by atoms with E-state index >= 15 is 0 Å². The van der Waals surface area contributed by atoms with E-state index < -0.39 is 5.97 Å². The van der Waals surface area contributed by atoms with Crippen molar-refractivity contribution in [3.63, 3.8) is 0 Å². The van der Waals surface area contributed by atoms with Gasteiger partial charge in [0.25, 0.3) is 0 Å². The van der Waals surface area contributed by atoms with Gasteiger partial charge < -0.3 is 4.74 Å². The van der Waals surface area contributed by atoms with Crippen LogP contribution >= 0.6 is 15.9 Å². The van der Waals surface area contributed by atoms with Crippen LogP contribution in [0.15, 0.2) is 22.7 Å². The van der Waals surface area contributed by atoms with Crippen molar-refractivity contribution in [2.45, 2.75) is 13.8 Å². The zero-order chi connectivity index (χ0) is 12.1. The number of halogens is 2. The minimum atomic E-state index is -0.477. The quantitative estimate of drug-likeness (QED) is 0.628. The second kappa shape index (κ2) is 5.80. The lowest BCUT2D eigenvalue weighted by Gasteiger charge is -2.04. The second-order valence-corrected chi connectivity index (χ2v) is 3.97. The van der Waals surface area contributed by atoms with Gasteiger partial charge >= 0.3 is 5.97 Å². The van der Waals surface area contributed by atoms with Gasteiger partial charge in [0.2, 0.25) is 0 Å². The Bertz CT molecular complexity index is 427. The maximum absolute atomic E-state index is 13.4. The number of ether oxygens (including phenoxy) is 1. The minimum absolute atomic E-state index is 0.306. The zero-order valence-corrected chi connectivity index (χ0v) is 10.7. The van der Waals surface area contributed by atoms with Crippen LogP contribution in [-0.2, 0) is 9.53 Å². The van der Waals surface area contributed by atoms with Gasteiger partial charge in [0, 0.05) is 16.1 Å². The lowest BCUT2D eigenvalue weighted by molar-refractivity contribution is -0.137. The molecule has 0 aliphatic rings. The molecule has 0 aromatic heterocycles. The number of aryl methyl sites for hydroxylation is 1. The van der Waals surface area contributed by atoms with Crippen molar-refractivity contribution in [3.05, 3.63) is 39.6 Å². The van der Waals surface area contributed by atoms with Gasteiger partial charge in [-0.1, -0.05) is 6.07 Å². The molecule has 86 valence electrons. The van der Waals surface area contributed by atoms with E-state index in [4.69, 9.17) is 4.74 Å². The maximum Gasteiger partial charge on any atom is 0.330 e. The maximum atomic E-state index is 13.4. The lowest BCUT2D eigenvalue weighted by atomic mass is 10.1. The number of benzene rings is 1. The second-order valence-electron chi connectivity index (χ2n) is 3.18. The summed E-state index contributed by atoms with van der Waals surface area (Å²) in [7, 11) is 0. The Labute approximate surface area is 102 Å². The third-order valence-electron chi connectivity index (χ3n) is 1.99. The fourth-order valence-corrected chi connectivity index (χ4v) is 1.63. The third-order valence-corrected chi connectivity index (χ3v) is 3.04. The van der Waals surface area contributed by atoms with Gasteiger partial charge in [0.15, 0.2) is 0 Å². The van der Waals surface area contributed by atoms with Crippen molar-refractivity contribution in [1.82, 2.24) is 0 Å². The molecule has 1 aromatic carbocycles. The lowest BCUT2D eigenvalue weighted by Crippen LogP contribution is -1.99. The van der Waals surface area contributed by atoms with Crippen LogP contribution in [0.2, 0.25) is 0 Å². The molecule has 0 saturated heterocycles. The van der Waals surface area contributed by atoms with E-state index in [1.54, 1.807) is 13.0 Å². The summed E-state index contributed by atoms with van der Waals surface area (Å²) < 4.78 is 18.8. The highest BCUT2D eigenvalue weighted by molar-refractivity contribution is 9.10. The molecule has 0 saturated carbocycles. The number of hydrogen-bond donors (Lipinski definition) is 0. The van der Waals surface area contributed by atoms with Gasteiger partial charge in [0.1, 0.15) is 5.82 Å². The molecule has 0 N–H and O–H groups in total. The number of hydrogen-bond acceptors (Lipinski definition) is 2. The van der Waals surface area contributed by atoms with E-state index in [1.807, 2.05) is 6.92 Å². The molecule has 0 heterocycles. The molecule has 16 heavy (non-hydrogen) atoms. The van der Waals surface area contributed by atoms with Gasteiger partial charge in [-0.2, -0.15) is 0 Å². The highest BCUT2D eigenvalue weighted by Gasteiger charge is 2.06. The summed E-state index contributed by atoms with van der Waals surface area (Å²) in [6, 6.07) is 3.03. The number of carbonyl (C=O) groups excluding carboxylic acids is 1. The van der Waals surface area contributed by atoms with Crippen molar-refractivity contribution < 1.29 is 13.9 Å². The highest BCUT2D eigenvalue weighted by Crippen LogP contribution is 2.25. The van der Waals surface area contributed by atoms with E-state index in [0.717, 1.165) is 5.56 Å². The standard InChI is InChI=1S/C12H12BrFO2/c1-3-16-11(15)7-5-9-10(14)6-4-8(2)12(9)13/h4-7H,3H2,1-2H3. The monoisotopic (exact) mass is 286 g/mol. The Morgan fingerprint density at radius 1 is 1.56 bits per heavy atom. The molecule has 0 bridgehead atoms. The SMILES string of the molecule is CCOC(=O)C=Cc1c(F)ccc(C)c1Br. The summed E-state index contributed by atoms with van der Waals surface area (Å²) in [5.41, 5.74) is 1.26. The normalized spacial score (nSPS) is 10.8. The Hall–Kier alpha value is -1.16. The summed E-state index contributed by atoms with van der Waals surface area (Å²) in [6.07, 6.45) is 2.62. The van der Waals surface area contributed by atoms with Crippen molar-refractivity contribution in [3.8, 4) is 0 Å². The smallest absolute Gasteiger partial charge is 0.330 e. The van der Waals surface area contributed by atoms with Gasteiger partial charge in [-0.3, -0.25) is 0 Å². The van der Waals surface area contributed by atoms with Crippen molar-refractivity contribution in [2.75, 3.05) is 6.61 Å². The summed E-state index contributed by atoms with van der Waals surface area (Å²) in [6.45, 7) is 3.88. The minimum Gasteiger partial charge on any atom is -0.463 e. The predicted molar refractivity (Wildman–Crippen MR) is 64.5 cm³/mol. The molecule has 1 aromatic rings. The molecule has 4 heteroatoms. The van der Waals surface area contributed by atoms with E-state index in [-0.39, 0.29) is 5.82 Å². The third kappa shape index (κ3) is 3.17. The number of rotatable bonds is 3. The van der Waals surface area contributed by atoms with Gasteiger partial charge in [-0.15, -0.1) is 0 Å². The molecule has 0 unspecified atom stereocenters. The molecule has 0 aliphatic heterocycles. The van der Waals surface area contributed by atoms with Gasteiger partial charge in [0.05, 0.1) is 6.61 Å². The van der Waals surface area contributed by atoms with Gasteiger partial charge in [-0.25, -0.2) is 9.18 Å². The summed E-state index contributed by atoms with van der Waals surface area (Å²) in [5.74, 6) is -0.853. The molecule has 1 rings (SSSR count). The Balaban J connectivity index is 2.97. The largest absolute Gasteiger partial charge is 0.463 e. The van der Waals surface area contributed by atoms with Crippen LogP contribution in [0.4, 0.5) is 4.39 Å². The van der Waals surface area contributed by atoms with Crippen LogP contribution in [0.1, 0.15) is 18.1 Å². The molecule has 0 aliphatic carbocycles. The van der Waals surface area contributed by atoms with E-state index in [2.05, 4.69) is 15.9 Å². The molecular weight excluding hydrogens is 275 g/mol. The average Bonchev–Trinajstić information content (AvgIpc) is 2.24. The van der Waals surface area contributed by atoms with Crippen LogP contribution in [0.5, 0.6) is 0 Å². The Kier molecular flexibility index (Phi) is 4.68. The zero-order valence-electron chi connectivity index (χ0n) is 9.09. The van der Waals surface area contributed by atoms with E-state index in [0.29, 0.717) is 16.6 Å². The first-order chi connectivity index (χ1) is 7.56. The molecule has 0 radical (unpaired) electrons. The van der Waals surface area contributed by atoms with Crippen molar-refractivity contribution in [1.29, 1.82) is 0 Å². The first-order valence-corrected chi connectivity index (χ1v) is 5.65. The van der Waals surface area contributed by atoms with Crippen LogP contribution in [0.3, 0.4) is 0 Å². The fraction of sp³-hybridized carbons (Fsp3) is 0.250. The number of carbonyl (C=O) groups is 1. The van der Waals surface area contributed by atoms with Crippen molar-refractivity contribution in [2.24, 2.45) is 0 Å². The van der Waals surface area contributed by atoms with Crippen molar-refractivity contribution >= 4 is 28.0 Å². The molecular formula is C12H12BrFO2. The topological polar surface area (TPSA) is 26.3 Å². The van der Waals surface area contributed by atoms with Crippen LogP contribution in [0, 0.1) is 12.7 Å². The molecule has 0 amide bonds. The predicted octanol–water partition coefficient (Wildman–Crippen LogP) is 3.47. The molecule has 0 fully saturated rings.